The third-order valence-electron chi connectivity index (χ3n) is 3.33. The molecular weight excluding hydrogens is 312 g/mol. The second-order valence-corrected chi connectivity index (χ2v) is 5.95. The van der Waals surface area contributed by atoms with Crippen LogP contribution in [0.25, 0.3) is 0 Å². The SMILES string of the molecule is [2H]C([2H])([2H])C([2H])(C[C@H](NC(=O)[C@H]1O[C@@H]1C(=O)OCC)C(=O)NCCC(C)C)C([2H])([2H])[2H]. The number of amides is 2. The molecule has 7 nitrogen and oxygen atoms in total. The molecule has 2 amide bonds. The highest BCUT2D eigenvalue weighted by Crippen LogP contribution is 2.24. The van der Waals surface area contributed by atoms with Gasteiger partial charge in [0.15, 0.2) is 12.2 Å². The minimum absolute atomic E-state index is 0.0758. The Hall–Kier alpha value is -1.63. The summed E-state index contributed by atoms with van der Waals surface area (Å²) in [5.41, 5.74) is 0. The lowest BCUT2D eigenvalue weighted by molar-refractivity contribution is -0.144. The van der Waals surface area contributed by atoms with Crippen molar-refractivity contribution < 1.29 is 33.5 Å². The van der Waals surface area contributed by atoms with E-state index in [4.69, 9.17) is 19.1 Å². The lowest BCUT2D eigenvalue weighted by Crippen LogP contribution is -2.49. The molecule has 0 saturated carbocycles. The Labute approximate surface area is 153 Å². The Morgan fingerprint density at radius 1 is 1.29 bits per heavy atom. The molecule has 1 aliphatic rings. The standard InChI is InChI=1S/C17H30N2O5/c1-6-23-17(22)14-13(24-14)16(21)19-12(9-11(4)5)15(20)18-8-7-10(2)3/h10-14H,6-9H2,1-5H3,(H,18,20)(H,19,21)/t12-,13-,14-/m0/s1/i4D3,5D3,11D. The van der Waals surface area contributed by atoms with Crippen LogP contribution >= 0.6 is 0 Å². The first-order valence-corrected chi connectivity index (χ1v) is 7.95. The predicted octanol–water partition coefficient (Wildman–Crippen LogP) is 1.01. The number of carbonyl (C=O) groups excluding carboxylic acids is 3. The summed E-state index contributed by atoms with van der Waals surface area (Å²) < 4.78 is 63.1. The van der Waals surface area contributed by atoms with Gasteiger partial charge in [0.25, 0.3) is 5.91 Å². The number of epoxide rings is 1. The van der Waals surface area contributed by atoms with E-state index in [1.54, 1.807) is 6.92 Å². The van der Waals surface area contributed by atoms with Crippen molar-refractivity contribution in [1.82, 2.24) is 10.6 Å². The molecule has 1 aliphatic heterocycles. The maximum atomic E-state index is 12.6. The Kier molecular flexibility index (Phi) is 4.74. The maximum Gasteiger partial charge on any atom is 0.338 e. The number of ether oxygens (including phenoxy) is 2. The number of nitrogens with one attached hydrogen (secondary N) is 2. The van der Waals surface area contributed by atoms with E-state index in [0.717, 1.165) is 0 Å². The summed E-state index contributed by atoms with van der Waals surface area (Å²) in [6.45, 7) is -0.823. The monoisotopic (exact) mass is 349 g/mol. The molecule has 0 radical (unpaired) electrons. The quantitative estimate of drug-likeness (QED) is 0.453. The summed E-state index contributed by atoms with van der Waals surface area (Å²) in [5, 5.41) is 4.76. The van der Waals surface area contributed by atoms with Crippen LogP contribution in [0, 0.1) is 11.8 Å². The molecule has 24 heavy (non-hydrogen) atoms. The minimum atomic E-state index is -3.26. The first-order valence-electron chi connectivity index (χ1n) is 11.5. The van der Waals surface area contributed by atoms with Gasteiger partial charge in [-0.3, -0.25) is 9.59 Å². The van der Waals surface area contributed by atoms with Crippen molar-refractivity contribution >= 4 is 17.8 Å². The molecular formula is C17H30N2O5. The molecule has 0 aliphatic carbocycles. The van der Waals surface area contributed by atoms with Crippen molar-refractivity contribution in [3.8, 4) is 0 Å². The second kappa shape index (κ2) is 9.61. The van der Waals surface area contributed by atoms with Gasteiger partial charge in [-0.1, -0.05) is 27.6 Å². The molecule has 0 aromatic carbocycles. The third kappa shape index (κ3) is 6.86. The summed E-state index contributed by atoms with van der Waals surface area (Å²) >= 11 is 0. The van der Waals surface area contributed by atoms with Gasteiger partial charge in [0, 0.05) is 16.1 Å². The van der Waals surface area contributed by atoms with Crippen LogP contribution < -0.4 is 10.6 Å². The largest absolute Gasteiger partial charge is 0.464 e. The minimum Gasteiger partial charge on any atom is -0.464 e. The van der Waals surface area contributed by atoms with Crippen molar-refractivity contribution in [3.63, 3.8) is 0 Å². The molecule has 1 heterocycles. The first-order chi connectivity index (χ1) is 14.0. The van der Waals surface area contributed by atoms with Crippen molar-refractivity contribution in [1.29, 1.82) is 0 Å². The number of carbonyl (C=O) groups is 3. The Balaban J connectivity index is 3.02. The second-order valence-electron chi connectivity index (χ2n) is 5.95. The summed E-state index contributed by atoms with van der Waals surface area (Å²) in [6, 6.07) is -1.63. The molecule has 3 atom stereocenters. The van der Waals surface area contributed by atoms with Gasteiger partial charge >= 0.3 is 5.97 Å². The van der Waals surface area contributed by atoms with Gasteiger partial charge in [0.2, 0.25) is 5.91 Å². The highest BCUT2D eigenvalue weighted by Gasteiger charge is 2.52. The molecule has 0 unspecified atom stereocenters. The Bertz CT molecular complexity index is 652. The van der Waals surface area contributed by atoms with Gasteiger partial charge in [0.05, 0.1) is 6.61 Å². The van der Waals surface area contributed by atoms with Crippen LogP contribution in [0.1, 0.15) is 56.9 Å². The zero-order valence-corrected chi connectivity index (χ0v) is 14.2. The van der Waals surface area contributed by atoms with Crippen molar-refractivity contribution in [2.75, 3.05) is 13.2 Å². The summed E-state index contributed by atoms with van der Waals surface area (Å²) in [7, 11) is 0. The highest BCUT2D eigenvalue weighted by molar-refractivity contribution is 5.95. The van der Waals surface area contributed by atoms with Crippen LogP contribution in [0.3, 0.4) is 0 Å². The van der Waals surface area contributed by atoms with Crippen LogP contribution in [-0.4, -0.2) is 49.2 Å². The molecule has 0 aromatic heterocycles. The van der Waals surface area contributed by atoms with E-state index >= 15 is 0 Å². The van der Waals surface area contributed by atoms with Gasteiger partial charge in [-0.05, 0) is 31.6 Å². The van der Waals surface area contributed by atoms with Crippen LogP contribution in [0.2, 0.25) is 0 Å². The van der Waals surface area contributed by atoms with E-state index in [1.807, 2.05) is 13.8 Å². The number of rotatable bonds is 10. The van der Waals surface area contributed by atoms with E-state index in [2.05, 4.69) is 10.6 Å². The average Bonchev–Trinajstić information content (AvgIpc) is 3.39. The maximum absolute atomic E-state index is 12.6. The fourth-order valence-electron chi connectivity index (χ4n) is 1.99. The fraction of sp³-hybridized carbons (Fsp3) is 0.824. The molecule has 1 saturated heterocycles. The van der Waals surface area contributed by atoms with Gasteiger partial charge in [-0.15, -0.1) is 0 Å². The third-order valence-corrected chi connectivity index (χ3v) is 3.33. The zero-order valence-electron chi connectivity index (χ0n) is 21.2. The van der Waals surface area contributed by atoms with Crippen molar-refractivity contribution in [2.24, 2.45) is 11.8 Å². The van der Waals surface area contributed by atoms with E-state index in [-0.39, 0.29) is 19.1 Å². The van der Waals surface area contributed by atoms with Crippen molar-refractivity contribution in [2.45, 2.75) is 65.6 Å². The smallest absolute Gasteiger partial charge is 0.338 e. The molecule has 1 rings (SSSR count). The number of hydrogen-bond acceptors (Lipinski definition) is 5. The summed E-state index contributed by atoms with van der Waals surface area (Å²) in [4.78, 5) is 36.7. The summed E-state index contributed by atoms with van der Waals surface area (Å²) in [5.74, 6) is -5.26. The van der Waals surface area contributed by atoms with E-state index in [1.165, 1.54) is 0 Å². The van der Waals surface area contributed by atoms with Crippen molar-refractivity contribution in [3.05, 3.63) is 0 Å². The molecule has 0 spiro atoms. The van der Waals surface area contributed by atoms with Crippen LogP contribution in [0.5, 0.6) is 0 Å². The van der Waals surface area contributed by atoms with Gasteiger partial charge < -0.3 is 20.1 Å². The number of hydrogen-bond donors (Lipinski definition) is 2. The molecule has 138 valence electrons. The highest BCUT2D eigenvalue weighted by atomic mass is 16.6. The summed E-state index contributed by atoms with van der Waals surface area (Å²) in [6.07, 6.45) is -2.80. The predicted molar refractivity (Wildman–Crippen MR) is 89.1 cm³/mol. The average molecular weight is 349 g/mol. The van der Waals surface area contributed by atoms with Crippen LogP contribution in [0.15, 0.2) is 0 Å². The lowest BCUT2D eigenvalue weighted by atomic mass is 10.0. The topological polar surface area (TPSA) is 97.0 Å². The van der Waals surface area contributed by atoms with Gasteiger partial charge in [0.1, 0.15) is 6.04 Å². The van der Waals surface area contributed by atoms with E-state index in [0.29, 0.717) is 6.42 Å². The molecule has 0 bridgehead atoms. The molecule has 2 N–H and O–H groups in total. The van der Waals surface area contributed by atoms with E-state index in [9.17, 15) is 14.4 Å². The first kappa shape index (κ1) is 11.8. The lowest BCUT2D eigenvalue weighted by Gasteiger charge is -2.20. The van der Waals surface area contributed by atoms with Gasteiger partial charge in [-0.2, -0.15) is 0 Å². The molecule has 7 heteroatoms. The van der Waals surface area contributed by atoms with Gasteiger partial charge in [-0.25, -0.2) is 4.79 Å². The van der Waals surface area contributed by atoms with Crippen LogP contribution in [0.4, 0.5) is 0 Å². The zero-order chi connectivity index (χ0) is 24.2. The normalized spacial score (nSPS) is 26.4. The molecule has 0 aromatic rings. The fourth-order valence-corrected chi connectivity index (χ4v) is 1.99. The molecule has 1 fully saturated rings. The van der Waals surface area contributed by atoms with E-state index < -0.39 is 62.1 Å². The Morgan fingerprint density at radius 3 is 2.58 bits per heavy atom. The Morgan fingerprint density at radius 2 is 2.00 bits per heavy atom. The number of esters is 1. The van der Waals surface area contributed by atoms with Crippen LogP contribution in [-0.2, 0) is 23.9 Å².